The van der Waals surface area contributed by atoms with Crippen LogP contribution in [0.25, 0.3) is 0 Å². The van der Waals surface area contributed by atoms with Crippen LogP contribution in [0.4, 0.5) is 0 Å². The Kier molecular flexibility index (Phi) is 4.91. The van der Waals surface area contributed by atoms with Crippen molar-refractivity contribution in [3.8, 4) is 11.5 Å². The highest BCUT2D eigenvalue weighted by Gasteiger charge is 2.35. The average molecular weight is 382 g/mol. The summed E-state index contributed by atoms with van der Waals surface area (Å²) in [7, 11) is -1.02. The zero-order valence-electron chi connectivity index (χ0n) is 15.1. The van der Waals surface area contributed by atoms with Crippen LogP contribution in [0.3, 0.4) is 0 Å². The number of aryl methyl sites for hydroxylation is 1. The summed E-state index contributed by atoms with van der Waals surface area (Å²) in [5.74, 6) is -0.840. The van der Waals surface area contributed by atoms with Crippen LogP contribution in [0, 0.1) is 0 Å². The molecule has 144 valence electrons. The highest BCUT2D eigenvalue weighted by atomic mass is 16.5. The van der Waals surface area contributed by atoms with Crippen molar-refractivity contribution in [1.82, 2.24) is 9.88 Å². The van der Waals surface area contributed by atoms with Gasteiger partial charge in [0.2, 0.25) is 5.91 Å². The molecule has 0 bridgehead atoms. The first-order valence-electron chi connectivity index (χ1n) is 9.08. The Morgan fingerprint density at radius 3 is 2.71 bits per heavy atom. The van der Waals surface area contributed by atoms with E-state index in [0.717, 1.165) is 11.1 Å². The highest BCUT2D eigenvalue weighted by molar-refractivity contribution is 6.44. The first-order valence-corrected chi connectivity index (χ1v) is 9.08. The van der Waals surface area contributed by atoms with Crippen LogP contribution in [0.1, 0.15) is 21.5 Å². The van der Waals surface area contributed by atoms with E-state index in [4.69, 9.17) is 9.39 Å². The Hall–Kier alpha value is -3.07. The lowest BCUT2D eigenvalue weighted by atomic mass is 9.78. The van der Waals surface area contributed by atoms with E-state index in [1.54, 1.807) is 41.6 Å². The molecule has 2 aromatic rings. The van der Waals surface area contributed by atoms with Crippen molar-refractivity contribution >= 4 is 19.0 Å². The van der Waals surface area contributed by atoms with Gasteiger partial charge < -0.3 is 24.4 Å². The lowest BCUT2D eigenvalue weighted by molar-refractivity contribution is -0.139. The summed E-state index contributed by atoms with van der Waals surface area (Å²) in [5.41, 5.74) is 1.54. The van der Waals surface area contributed by atoms with Crippen LogP contribution in [0.15, 0.2) is 36.7 Å². The molecular formula is C19H19BN2O6. The van der Waals surface area contributed by atoms with E-state index in [2.05, 4.69) is 4.98 Å². The molecule has 1 aromatic carbocycles. The molecule has 28 heavy (non-hydrogen) atoms. The molecule has 1 saturated heterocycles. The zero-order valence-corrected chi connectivity index (χ0v) is 15.1. The first kappa shape index (κ1) is 18.3. The fourth-order valence-electron chi connectivity index (χ4n) is 3.40. The number of aromatic carboxylic acids is 1. The summed E-state index contributed by atoms with van der Waals surface area (Å²) in [4.78, 5) is 29.7. The number of hydrogen-bond acceptors (Lipinski definition) is 6. The van der Waals surface area contributed by atoms with Crippen LogP contribution in [0.2, 0.25) is 6.32 Å². The molecule has 2 aliphatic rings. The second-order valence-corrected chi connectivity index (χ2v) is 6.91. The van der Waals surface area contributed by atoms with Crippen LogP contribution in [-0.4, -0.2) is 58.2 Å². The second kappa shape index (κ2) is 7.51. The molecule has 4 rings (SSSR count). The van der Waals surface area contributed by atoms with Crippen molar-refractivity contribution in [1.29, 1.82) is 0 Å². The molecular weight excluding hydrogens is 363 g/mol. The number of nitrogens with zero attached hydrogens (tertiary/aromatic N) is 2. The summed E-state index contributed by atoms with van der Waals surface area (Å²) < 4.78 is 11.2. The van der Waals surface area contributed by atoms with E-state index in [1.807, 2.05) is 0 Å². The number of carboxylic acid groups (broad SMARTS) is 1. The number of hydrogen-bond donors (Lipinski definition) is 2. The molecule has 3 heterocycles. The van der Waals surface area contributed by atoms with E-state index in [9.17, 15) is 19.7 Å². The summed E-state index contributed by atoms with van der Waals surface area (Å²) >= 11 is 0. The third-order valence-electron chi connectivity index (χ3n) is 4.93. The Morgan fingerprint density at radius 1 is 1.25 bits per heavy atom. The maximum absolute atomic E-state index is 12.3. The maximum atomic E-state index is 12.3. The lowest BCUT2D eigenvalue weighted by Gasteiger charge is -2.39. The number of aromatic nitrogens is 1. The molecule has 0 spiro atoms. The standard InChI is InChI=1S/C19H19BN2O6/c23-16(9-12-4-7-21-8-5-12)22-10-14(11-22)27-15-2-1-13-3-6-20(26)28-18(13)17(15)19(24)25/h1-2,4-5,7-8,14,26H,3,6,9-11H2,(H,24,25). The van der Waals surface area contributed by atoms with Crippen LogP contribution >= 0.6 is 0 Å². The molecule has 0 saturated carbocycles. The van der Waals surface area contributed by atoms with Crippen molar-refractivity contribution in [3.05, 3.63) is 53.3 Å². The van der Waals surface area contributed by atoms with Gasteiger partial charge in [0.05, 0.1) is 19.5 Å². The molecule has 2 aliphatic heterocycles. The molecule has 0 atom stereocenters. The van der Waals surface area contributed by atoms with Gasteiger partial charge in [-0.1, -0.05) is 6.07 Å². The SMILES string of the molecule is O=C(O)c1c(OC2CN(C(=O)Cc3ccncc3)C2)ccc2c1OB(O)CC2. The Morgan fingerprint density at radius 2 is 2.00 bits per heavy atom. The van der Waals surface area contributed by atoms with Gasteiger partial charge in [0.15, 0.2) is 0 Å². The largest absolute Gasteiger partial charge is 0.535 e. The smallest absolute Gasteiger partial charge is 0.522 e. The summed E-state index contributed by atoms with van der Waals surface area (Å²) in [6.45, 7) is 0.785. The third kappa shape index (κ3) is 3.66. The van der Waals surface area contributed by atoms with Gasteiger partial charge in [0.25, 0.3) is 0 Å². The number of amides is 1. The first-order chi connectivity index (χ1) is 13.5. The van der Waals surface area contributed by atoms with Gasteiger partial charge >= 0.3 is 13.1 Å². The Balaban J connectivity index is 1.41. The van der Waals surface area contributed by atoms with Gasteiger partial charge in [-0.3, -0.25) is 9.78 Å². The summed E-state index contributed by atoms with van der Waals surface area (Å²) in [6, 6.07) is 6.97. The van der Waals surface area contributed by atoms with Gasteiger partial charge in [-0.2, -0.15) is 0 Å². The molecule has 1 amide bonds. The number of fused-ring (bicyclic) bond motifs is 1. The lowest BCUT2D eigenvalue weighted by Crippen LogP contribution is -2.56. The van der Waals surface area contributed by atoms with Gasteiger partial charge in [0, 0.05) is 12.4 Å². The van der Waals surface area contributed by atoms with Crippen LogP contribution < -0.4 is 9.39 Å². The minimum Gasteiger partial charge on any atom is -0.535 e. The fraction of sp³-hybridized carbons (Fsp3) is 0.316. The normalized spacial score (nSPS) is 16.0. The van der Waals surface area contributed by atoms with E-state index >= 15 is 0 Å². The quantitative estimate of drug-likeness (QED) is 0.744. The highest BCUT2D eigenvalue weighted by Crippen LogP contribution is 2.37. The van der Waals surface area contributed by atoms with Gasteiger partial charge in [-0.25, -0.2) is 4.79 Å². The number of rotatable bonds is 5. The predicted octanol–water partition coefficient (Wildman–Crippen LogP) is 1.03. The van der Waals surface area contributed by atoms with E-state index in [1.165, 1.54) is 0 Å². The van der Waals surface area contributed by atoms with E-state index in [-0.39, 0.29) is 29.1 Å². The molecule has 8 nitrogen and oxygen atoms in total. The number of carbonyl (C=O) groups is 2. The van der Waals surface area contributed by atoms with Crippen molar-refractivity contribution in [2.45, 2.75) is 25.3 Å². The van der Waals surface area contributed by atoms with Crippen molar-refractivity contribution in [2.24, 2.45) is 0 Å². The molecule has 1 aromatic heterocycles. The second-order valence-electron chi connectivity index (χ2n) is 6.91. The van der Waals surface area contributed by atoms with E-state index in [0.29, 0.717) is 32.3 Å². The summed E-state index contributed by atoms with van der Waals surface area (Å²) in [6.07, 6.45) is 4.26. The van der Waals surface area contributed by atoms with Crippen LogP contribution in [-0.2, 0) is 17.6 Å². The number of carboxylic acids is 1. The van der Waals surface area contributed by atoms with Crippen molar-refractivity contribution in [3.63, 3.8) is 0 Å². The molecule has 0 aliphatic carbocycles. The van der Waals surface area contributed by atoms with Gasteiger partial charge in [-0.15, -0.1) is 0 Å². The monoisotopic (exact) mass is 382 g/mol. The molecule has 2 N–H and O–H groups in total. The summed E-state index contributed by atoms with van der Waals surface area (Å²) in [5, 5.41) is 19.3. The number of benzene rings is 1. The number of pyridine rings is 1. The molecule has 0 unspecified atom stereocenters. The van der Waals surface area contributed by atoms with Gasteiger partial charge in [-0.05, 0) is 42.1 Å². The molecule has 9 heteroatoms. The van der Waals surface area contributed by atoms with Crippen molar-refractivity contribution in [2.75, 3.05) is 13.1 Å². The van der Waals surface area contributed by atoms with E-state index < -0.39 is 13.1 Å². The van der Waals surface area contributed by atoms with Gasteiger partial charge in [0.1, 0.15) is 23.2 Å². The Labute approximate surface area is 161 Å². The molecule has 0 radical (unpaired) electrons. The number of ether oxygens (including phenoxy) is 1. The van der Waals surface area contributed by atoms with Crippen molar-refractivity contribution < 1.29 is 29.1 Å². The Bertz CT molecular complexity index is 901. The minimum atomic E-state index is -1.18. The zero-order chi connectivity index (χ0) is 19.7. The van der Waals surface area contributed by atoms with Crippen LogP contribution in [0.5, 0.6) is 11.5 Å². The third-order valence-corrected chi connectivity index (χ3v) is 4.93. The minimum absolute atomic E-state index is 0.0126. The maximum Gasteiger partial charge on any atom is 0.522 e. The fourth-order valence-corrected chi connectivity index (χ4v) is 3.40. The number of likely N-dealkylation sites (tertiary alicyclic amines) is 1. The number of carbonyl (C=O) groups excluding carboxylic acids is 1. The molecule has 1 fully saturated rings. The average Bonchev–Trinajstić information content (AvgIpc) is 2.64. The predicted molar refractivity (Wildman–Crippen MR) is 99.5 cm³/mol. The topological polar surface area (TPSA) is 109 Å².